The number of aryl methyl sites for hydroxylation is 1. The first-order valence-corrected chi connectivity index (χ1v) is 7.47. The minimum Gasteiger partial charge on any atom is -0.485 e. The maximum absolute atomic E-state index is 12.3. The highest BCUT2D eigenvalue weighted by Gasteiger charge is 2.31. The van der Waals surface area contributed by atoms with E-state index in [9.17, 15) is 9.59 Å². The van der Waals surface area contributed by atoms with E-state index in [1.54, 1.807) is 6.07 Å². The van der Waals surface area contributed by atoms with E-state index in [2.05, 4.69) is 0 Å². The zero-order valence-electron chi connectivity index (χ0n) is 13.3. The predicted octanol–water partition coefficient (Wildman–Crippen LogP) is 3.64. The van der Waals surface area contributed by atoms with E-state index >= 15 is 0 Å². The van der Waals surface area contributed by atoms with Crippen molar-refractivity contribution < 1.29 is 23.5 Å². The Hall–Kier alpha value is -2.56. The molecule has 0 fully saturated rings. The number of carbonyl (C=O) groups excluding carboxylic acids is 2. The summed E-state index contributed by atoms with van der Waals surface area (Å²) >= 11 is 0. The first-order chi connectivity index (χ1) is 11.0. The third-order valence-corrected chi connectivity index (χ3v) is 4.20. The first-order valence-electron chi connectivity index (χ1n) is 7.47. The summed E-state index contributed by atoms with van der Waals surface area (Å²) in [4.78, 5) is 23.9. The van der Waals surface area contributed by atoms with Crippen molar-refractivity contribution in [1.29, 1.82) is 0 Å². The summed E-state index contributed by atoms with van der Waals surface area (Å²) in [7, 11) is 1.31. The van der Waals surface area contributed by atoms with Crippen LogP contribution in [0.1, 0.15) is 56.9 Å². The normalized spacial score (nSPS) is 16.3. The molecule has 5 nitrogen and oxygen atoms in total. The van der Waals surface area contributed by atoms with E-state index in [-0.39, 0.29) is 18.3 Å². The van der Waals surface area contributed by atoms with Crippen LogP contribution in [-0.2, 0) is 11.3 Å². The van der Waals surface area contributed by atoms with Gasteiger partial charge in [0.05, 0.1) is 18.9 Å². The van der Waals surface area contributed by atoms with Crippen LogP contribution in [0.15, 0.2) is 28.9 Å². The Morgan fingerprint density at radius 3 is 2.87 bits per heavy atom. The summed E-state index contributed by atoms with van der Waals surface area (Å²) in [6, 6.07) is 5.29. The zero-order valence-corrected chi connectivity index (χ0v) is 13.3. The third-order valence-electron chi connectivity index (χ3n) is 4.20. The summed E-state index contributed by atoms with van der Waals surface area (Å²) in [5.41, 5.74) is 3.14. The summed E-state index contributed by atoms with van der Waals surface area (Å²) in [5.74, 6) is 0.738. The van der Waals surface area contributed by atoms with Crippen LogP contribution < -0.4 is 4.74 Å². The standard InChI is InChI=1S/C18H18O5/c1-10-4-5-14(17-13(19)8-11(2)16(10)17)23-9-15-12(6-7-22-15)18(20)21-3/h4-7,11H,8-9H2,1-3H3/t11-/m1/s1. The van der Waals surface area contributed by atoms with Crippen LogP contribution in [0.2, 0.25) is 0 Å². The number of hydrogen-bond donors (Lipinski definition) is 0. The molecule has 0 radical (unpaired) electrons. The number of benzene rings is 1. The molecule has 5 heteroatoms. The minimum atomic E-state index is -0.476. The van der Waals surface area contributed by atoms with Crippen LogP contribution in [0, 0.1) is 6.92 Å². The maximum atomic E-state index is 12.3. The largest absolute Gasteiger partial charge is 0.485 e. The highest BCUT2D eigenvalue weighted by atomic mass is 16.5. The molecule has 1 heterocycles. The summed E-state index contributed by atoms with van der Waals surface area (Å²) < 4.78 is 15.8. The highest BCUT2D eigenvalue weighted by molar-refractivity contribution is 6.04. The number of hydrogen-bond acceptors (Lipinski definition) is 5. The molecule has 0 bridgehead atoms. The minimum absolute atomic E-state index is 0.0641. The third kappa shape index (κ3) is 2.63. The Morgan fingerprint density at radius 2 is 2.13 bits per heavy atom. The number of ether oxygens (including phenoxy) is 2. The van der Waals surface area contributed by atoms with E-state index in [1.807, 2.05) is 19.9 Å². The number of rotatable bonds is 4. The van der Waals surface area contributed by atoms with Crippen LogP contribution >= 0.6 is 0 Å². The molecule has 0 aliphatic heterocycles. The van der Waals surface area contributed by atoms with E-state index in [1.165, 1.54) is 19.4 Å². The molecule has 0 saturated heterocycles. The van der Waals surface area contributed by atoms with Gasteiger partial charge in [0.1, 0.15) is 17.9 Å². The zero-order chi connectivity index (χ0) is 16.6. The molecule has 1 aliphatic rings. The molecule has 3 rings (SSSR count). The van der Waals surface area contributed by atoms with Crippen molar-refractivity contribution in [1.82, 2.24) is 0 Å². The average Bonchev–Trinajstić information content (AvgIpc) is 3.11. The van der Waals surface area contributed by atoms with Gasteiger partial charge in [0.2, 0.25) is 0 Å². The quantitative estimate of drug-likeness (QED) is 0.806. The average molecular weight is 314 g/mol. The number of esters is 1. The van der Waals surface area contributed by atoms with Crippen LogP contribution in [0.25, 0.3) is 0 Å². The second-order valence-electron chi connectivity index (χ2n) is 5.74. The van der Waals surface area contributed by atoms with Crippen molar-refractivity contribution in [2.24, 2.45) is 0 Å². The van der Waals surface area contributed by atoms with Gasteiger partial charge in [-0.15, -0.1) is 0 Å². The Bertz CT molecular complexity index is 772. The molecule has 0 amide bonds. The molecule has 23 heavy (non-hydrogen) atoms. The molecule has 1 aromatic heterocycles. The molecule has 1 atom stereocenters. The van der Waals surface area contributed by atoms with Gasteiger partial charge in [0.15, 0.2) is 11.5 Å². The van der Waals surface area contributed by atoms with Gasteiger partial charge in [-0.1, -0.05) is 13.0 Å². The lowest BCUT2D eigenvalue weighted by molar-refractivity contribution is 0.0595. The second-order valence-corrected chi connectivity index (χ2v) is 5.74. The summed E-state index contributed by atoms with van der Waals surface area (Å²) in [6.45, 7) is 4.11. The van der Waals surface area contributed by atoms with E-state index < -0.39 is 5.97 Å². The van der Waals surface area contributed by atoms with Gasteiger partial charge in [-0.05, 0) is 36.1 Å². The lowest BCUT2D eigenvalue weighted by atomic mass is 9.97. The number of methoxy groups -OCH3 is 1. The number of furan rings is 1. The first kappa shape index (κ1) is 15.3. The van der Waals surface area contributed by atoms with Gasteiger partial charge in [-0.25, -0.2) is 4.79 Å². The molecule has 0 N–H and O–H groups in total. The molecule has 0 saturated carbocycles. The Kier molecular flexibility index (Phi) is 3.94. The van der Waals surface area contributed by atoms with Crippen molar-refractivity contribution in [2.75, 3.05) is 7.11 Å². The lowest BCUT2D eigenvalue weighted by Crippen LogP contribution is -2.07. The number of carbonyl (C=O) groups is 2. The van der Waals surface area contributed by atoms with Crippen LogP contribution in [-0.4, -0.2) is 18.9 Å². The molecular formula is C18H18O5. The van der Waals surface area contributed by atoms with Gasteiger partial charge in [-0.2, -0.15) is 0 Å². The van der Waals surface area contributed by atoms with Crippen LogP contribution in [0.4, 0.5) is 0 Å². The molecule has 1 aromatic carbocycles. The molecule has 0 unspecified atom stereocenters. The molecule has 1 aliphatic carbocycles. The molecular weight excluding hydrogens is 296 g/mol. The Balaban J connectivity index is 1.87. The molecule has 120 valence electrons. The fourth-order valence-electron chi connectivity index (χ4n) is 3.12. The number of fused-ring (bicyclic) bond motifs is 1. The predicted molar refractivity (Wildman–Crippen MR) is 82.9 cm³/mol. The monoisotopic (exact) mass is 314 g/mol. The van der Waals surface area contributed by atoms with Crippen molar-refractivity contribution in [2.45, 2.75) is 32.8 Å². The summed E-state index contributed by atoms with van der Waals surface area (Å²) in [6.07, 6.45) is 1.92. The molecule has 0 spiro atoms. The SMILES string of the molecule is COC(=O)c1ccoc1COc1ccc(C)c2c1C(=O)C[C@H]2C. The Morgan fingerprint density at radius 1 is 1.35 bits per heavy atom. The smallest absolute Gasteiger partial charge is 0.341 e. The van der Waals surface area contributed by atoms with Crippen molar-refractivity contribution in [3.8, 4) is 5.75 Å². The van der Waals surface area contributed by atoms with Crippen LogP contribution in [0.3, 0.4) is 0 Å². The topological polar surface area (TPSA) is 65.7 Å². The lowest BCUT2D eigenvalue weighted by Gasteiger charge is -2.13. The van der Waals surface area contributed by atoms with Crippen molar-refractivity contribution >= 4 is 11.8 Å². The van der Waals surface area contributed by atoms with Crippen molar-refractivity contribution in [3.63, 3.8) is 0 Å². The van der Waals surface area contributed by atoms with Gasteiger partial charge >= 0.3 is 5.97 Å². The highest BCUT2D eigenvalue weighted by Crippen LogP contribution is 2.40. The molecule has 2 aromatic rings. The van der Waals surface area contributed by atoms with Gasteiger partial charge in [0, 0.05) is 6.42 Å². The van der Waals surface area contributed by atoms with Gasteiger partial charge < -0.3 is 13.9 Å². The number of Topliss-reactive ketones (excluding diaryl/α,β-unsaturated/α-hetero) is 1. The van der Waals surface area contributed by atoms with Gasteiger partial charge in [-0.3, -0.25) is 4.79 Å². The Labute approximate surface area is 134 Å². The maximum Gasteiger partial charge on any atom is 0.341 e. The van der Waals surface area contributed by atoms with E-state index in [0.29, 0.717) is 29.1 Å². The summed E-state index contributed by atoms with van der Waals surface area (Å²) in [5, 5.41) is 0. The second kappa shape index (κ2) is 5.91. The van der Waals surface area contributed by atoms with Gasteiger partial charge in [0.25, 0.3) is 0 Å². The fraction of sp³-hybridized carbons (Fsp3) is 0.333. The fourth-order valence-corrected chi connectivity index (χ4v) is 3.12. The van der Waals surface area contributed by atoms with E-state index in [4.69, 9.17) is 13.9 Å². The van der Waals surface area contributed by atoms with Crippen LogP contribution in [0.5, 0.6) is 5.75 Å². The van der Waals surface area contributed by atoms with Crippen molar-refractivity contribution in [3.05, 3.63) is 52.5 Å². The van der Waals surface area contributed by atoms with E-state index in [0.717, 1.165) is 11.1 Å². The number of ketones is 1.